The summed E-state index contributed by atoms with van der Waals surface area (Å²) in [6.45, 7) is 7.05. The number of carbonyl (C=O) groups is 2. The number of nitrogens with zero attached hydrogens (tertiary/aromatic N) is 2. The summed E-state index contributed by atoms with van der Waals surface area (Å²) in [6, 6.07) is 11.8. The van der Waals surface area contributed by atoms with E-state index in [1.165, 1.54) is 5.56 Å². The van der Waals surface area contributed by atoms with Crippen LogP contribution in [0.5, 0.6) is 0 Å². The van der Waals surface area contributed by atoms with Gasteiger partial charge in [0, 0.05) is 25.7 Å². The standard InChI is InChI=1S/C22H28N2O3/c1-5-15(2)19-8-6-7-9-20(19)24-13-17(12-21(24)25)22(26)23(4)14-18-11-10-16(3)27-18/h6-11,15,17H,5,12-14H2,1-4H3/t15-,17-/m0/s1. The second-order valence-corrected chi connectivity index (χ2v) is 7.48. The molecule has 1 aliphatic heterocycles. The third-order valence-electron chi connectivity index (χ3n) is 5.41. The molecular formula is C22H28N2O3. The van der Waals surface area contributed by atoms with Gasteiger partial charge >= 0.3 is 0 Å². The van der Waals surface area contributed by atoms with Crippen molar-refractivity contribution in [1.82, 2.24) is 4.90 Å². The van der Waals surface area contributed by atoms with Crippen molar-refractivity contribution in [2.24, 2.45) is 5.92 Å². The minimum atomic E-state index is -0.316. The smallest absolute Gasteiger partial charge is 0.228 e. The lowest BCUT2D eigenvalue weighted by Gasteiger charge is -2.24. The van der Waals surface area contributed by atoms with Gasteiger partial charge in [-0.25, -0.2) is 0 Å². The van der Waals surface area contributed by atoms with Crippen LogP contribution < -0.4 is 4.90 Å². The van der Waals surface area contributed by atoms with Crippen molar-refractivity contribution >= 4 is 17.5 Å². The van der Waals surface area contributed by atoms with Crippen LogP contribution in [0.4, 0.5) is 5.69 Å². The Kier molecular flexibility index (Phi) is 5.68. The fourth-order valence-electron chi connectivity index (χ4n) is 3.67. The molecule has 0 radical (unpaired) electrons. The molecule has 2 amide bonds. The first-order valence-corrected chi connectivity index (χ1v) is 9.60. The van der Waals surface area contributed by atoms with Crippen molar-refractivity contribution < 1.29 is 14.0 Å². The van der Waals surface area contributed by atoms with Crippen molar-refractivity contribution in [3.05, 3.63) is 53.5 Å². The summed E-state index contributed by atoms with van der Waals surface area (Å²) >= 11 is 0. The largest absolute Gasteiger partial charge is 0.464 e. The Labute approximate surface area is 160 Å². The zero-order valence-electron chi connectivity index (χ0n) is 16.6. The average Bonchev–Trinajstić information content (AvgIpc) is 3.25. The third kappa shape index (κ3) is 4.07. The van der Waals surface area contributed by atoms with E-state index in [1.54, 1.807) is 16.8 Å². The van der Waals surface area contributed by atoms with E-state index in [-0.39, 0.29) is 24.2 Å². The lowest BCUT2D eigenvalue weighted by Crippen LogP contribution is -2.34. The van der Waals surface area contributed by atoms with Gasteiger partial charge in [0.15, 0.2) is 0 Å². The molecule has 1 saturated heterocycles. The highest BCUT2D eigenvalue weighted by Gasteiger charge is 2.37. The van der Waals surface area contributed by atoms with Gasteiger partial charge in [-0.15, -0.1) is 0 Å². The molecule has 2 aromatic rings. The minimum Gasteiger partial charge on any atom is -0.464 e. The normalized spacial score (nSPS) is 18.0. The Morgan fingerprint density at radius 2 is 2.04 bits per heavy atom. The second-order valence-electron chi connectivity index (χ2n) is 7.48. The predicted octanol–water partition coefficient (Wildman–Crippen LogP) is 4.11. The van der Waals surface area contributed by atoms with Gasteiger partial charge in [0.2, 0.25) is 11.8 Å². The summed E-state index contributed by atoms with van der Waals surface area (Å²) in [6.07, 6.45) is 1.27. The number of para-hydroxylation sites is 1. The number of aryl methyl sites for hydroxylation is 1. The molecule has 3 rings (SSSR count). The number of hydrogen-bond donors (Lipinski definition) is 0. The molecule has 144 valence electrons. The molecule has 1 fully saturated rings. The van der Waals surface area contributed by atoms with Gasteiger partial charge in [-0.1, -0.05) is 32.0 Å². The van der Waals surface area contributed by atoms with Crippen LogP contribution in [0.3, 0.4) is 0 Å². The van der Waals surface area contributed by atoms with Crippen molar-refractivity contribution in [3.63, 3.8) is 0 Å². The van der Waals surface area contributed by atoms with Crippen LogP contribution in [0.2, 0.25) is 0 Å². The quantitative estimate of drug-likeness (QED) is 0.771. The van der Waals surface area contributed by atoms with E-state index in [0.717, 1.165) is 23.6 Å². The Morgan fingerprint density at radius 3 is 2.70 bits per heavy atom. The fraction of sp³-hybridized carbons (Fsp3) is 0.455. The highest BCUT2D eigenvalue weighted by atomic mass is 16.3. The van der Waals surface area contributed by atoms with Crippen LogP contribution in [0, 0.1) is 12.8 Å². The molecule has 27 heavy (non-hydrogen) atoms. The first kappa shape index (κ1) is 19.2. The van der Waals surface area contributed by atoms with Gasteiger partial charge in [0.05, 0.1) is 12.5 Å². The lowest BCUT2D eigenvalue weighted by atomic mass is 9.96. The number of furan rings is 1. The number of benzene rings is 1. The molecular weight excluding hydrogens is 340 g/mol. The van der Waals surface area contributed by atoms with Crippen molar-refractivity contribution in [2.45, 2.75) is 46.1 Å². The lowest BCUT2D eigenvalue weighted by molar-refractivity contribution is -0.135. The molecule has 0 bridgehead atoms. The molecule has 1 aliphatic rings. The monoisotopic (exact) mass is 368 g/mol. The Bertz CT molecular complexity index is 826. The van der Waals surface area contributed by atoms with Crippen molar-refractivity contribution in [1.29, 1.82) is 0 Å². The van der Waals surface area contributed by atoms with E-state index in [4.69, 9.17) is 4.42 Å². The van der Waals surface area contributed by atoms with Gasteiger partial charge < -0.3 is 14.2 Å². The molecule has 1 aromatic heterocycles. The zero-order valence-corrected chi connectivity index (χ0v) is 16.6. The number of hydrogen-bond acceptors (Lipinski definition) is 3. The van der Waals surface area contributed by atoms with E-state index in [2.05, 4.69) is 19.9 Å². The topological polar surface area (TPSA) is 53.8 Å². The van der Waals surface area contributed by atoms with E-state index in [9.17, 15) is 9.59 Å². The predicted molar refractivity (Wildman–Crippen MR) is 106 cm³/mol. The first-order valence-electron chi connectivity index (χ1n) is 9.60. The molecule has 2 atom stereocenters. The zero-order chi connectivity index (χ0) is 19.6. The molecule has 1 aromatic carbocycles. The average molecular weight is 368 g/mol. The number of amides is 2. The SMILES string of the molecule is CC[C@H](C)c1ccccc1N1C[C@@H](C(=O)N(C)Cc2ccc(C)o2)CC1=O. The molecule has 0 aliphatic carbocycles. The highest BCUT2D eigenvalue weighted by Crippen LogP contribution is 2.34. The maximum Gasteiger partial charge on any atom is 0.228 e. The molecule has 0 unspecified atom stereocenters. The van der Waals surface area contributed by atoms with E-state index < -0.39 is 0 Å². The first-order chi connectivity index (χ1) is 12.9. The summed E-state index contributed by atoms with van der Waals surface area (Å²) in [7, 11) is 1.76. The summed E-state index contributed by atoms with van der Waals surface area (Å²) in [4.78, 5) is 29.0. The maximum absolute atomic E-state index is 12.9. The fourth-order valence-corrected chi connectivity index (χ4v) is 3.67. The van der Waals surface area contributed by atoms with Crippen LogP contribution in [0.15, 0.2) is 40.8 Å². The molecule has 0 N–H and O–H groups in total. The van der Waals surface area contributed by atoms with Crippen LogP contribution in [0.25, 0.3) is 0 Å². The molecule has 2 heterocycles. The molecule has 0 saturated carbocycles. The maximum atomic E-state index is 12.9. The van der Waals surface area contributed by atoms with Crippen LogP contribution >= 0.6 is 0 Å². The van der Waals surface area contributed by atoms with Crippen LogP contribution in [0.1, 0.15) is 49.7 Å². The highest BCUT2D eigenvalue weighted by molar-refractivity contribution is 6.00. The van der Waals surface area contributed by atoms with E-state index in [1.807, 2.05) is 37.3 Å². The third-order valence-corrected chi connectivity index (χ3v) is 5.41. The van der Waals surface area contributed by atoms with Crippen molar-refractivity contribution in [2.75, 3.05) is 18.5 Å². The second kappa shape index (κ2) is 7.99. The van der Waals surface area contributed by atoms with Crippen molar-refractivity contribution in [3.8, 4) is 0 Å². The Hall–Kier alpha value is -2.56. The van der Waals surface area contributed by atoms with E-state index in [0.29, 0.717) is 19.0 Å². The number of rotatable bonds is 6. The van der Waals surface area contributed by atoms with Crippen LogP contribution in [-0.4, -0.2) is 30.3 Å². The number of carbonyl (C=O) groups excluding carboxylic acids is 2. The number of anilines is 1. The summed E-state index contributed by atoms with van der Waals surface area (Å²) in [5.74, 6) is 1.64. The molecule has 5 heteroatoms. The molecule has 5 nitrogen and oxygen atoms in total. The van der Waals surface area contributed by atoms with Gasteiger partial charge in [-0.3, -0.25) is 9.59 Å². The van der Waals surface area contributed by atoms with Gasteiger partial charge in [0.1, 0.15) is 11.5 Å². The Morgan fingerprint density at radius 1 is 1.30 bits per heavy atom. The summed E-state index contributed by atoms with van der Waals surface area (Å²) in [5.41, 5.74) is 2.11. The van der Waals surface area contributed by atoms with Crippen LogP contribution in [-0.2, 0) is 16.1 Å². The summed E-state index contributed by atoms with van der Waals surface area (Å²) < 4.78 is 5.56. The van der Waals surface area contributed by atoms with Gasteiger partial charge in [-0.2, -0.15) is 0 Å². The Balaban J connectivity index is 1.73. The van der Waals surface area contributed by atoms with E-state index >= 15 is 0 Å². The minimum absolute atomic E-state index is 0.0130. The molecule has 0 spiro atoms. The van der Waals surface area contributed by atoms with Gasteiger partial charge in [0.25, 0.3) is 0 Å². The van der Waals surface area contributed by atoms with Gasteiger partial charge in [-0.05, 0) is 43.0 Å². The summed E-state index contributed by atoms with van der Waals surface area (Å²) in [5, 5.41) is 0.